The van der Waals surface area contributed by atoms with E-state index in [1.165, 1.54) is 12.1 Å². The Morgan fingerprint density at radius 1 is 0.966 bits per heavy atom. The largest absolute Gasteiger partial charge is 0.480 e. The van der Waals surface area contributed by atoms with Gasteiger partial charge in [0.2, 0.25) is 5.90 Å². The van der Waals surface area contributed by atoms with E-state index < -0.39 is 21.9 Å². The van der Waals surface area contributed by atoms with E-state index in [-0.39, 0.29) is 36.0 Å². The third-order valence-corrected chi connectivity index (χ3v) is 5.35. The predicted molar refractivity (Wildman–Crippen MR) is 112 cm³/mol. The molecule has 7 heteroatoms. The summed E-state index contributed by atoms with van der Waals surface area (Å²) >= 11 is 0. The summed E-state index contributed by atoms with van der Waals surface area (Å²) in [5, 5.41) is 0. The van der Waals surface area contributed by atoms with E-state index >= 15 is 0 Å². The van der Waals surface area contributed by atoms with E-state index in [1.807, 2.05) is 30.3 Å². The van der Waals surface area contributed by atoms with E-state index in [0.717, 1.165) is 5.56 Å². The maximum Gasteiger partial charge on any atom is 0.333 e. The Bertz CT molecular complexity index is 953. The van der Waals surface area contributed by atoms with Gasteiger partial charge in [-0.2, -0.15) is 8.42 Å². The fourth-order valence-corrected chi connectivity index (χ4v) is 3.72. The van der Waals surface area contributed by atoms with Gasteiger partial charge in [-0.1, -0.05) is 55.1 Å². The van der Waals surface area contributed by atoms with Crippen LogP contribution in [0.2, 0.25) is 0 Å². The molecule has 2 rings (SSSR count). The fourth-order valence-electron chi connectivity index (χ4n) is 2.70. The second kappa shape index (κ2) is 10.6. The highest BCUT2D eigenvalue weighted by Gasteiger charge is 2.26. The number of benzene rings is 2. The third kappa shape index (κ3) is 6.29. The van der Waals surface area contributed by atoms with Crippen LogP contribution in [-0.4, -0.2) is 33.5 Å². The van der Waals surface area contributed by atoms with Crippen molar-refractivity contribution in [2.24, 2.45) is 4.40 Å². The number of carbonyl (C=O) groups is 1. The molecule has 0 radical (unpaired) electrons. The molecule has 0 aliphatic rings. The molecule has 154 valence electrons. The molecule has 0 N–H and O–H groups in total. The summed E-state index contributed by atoms with van der Waals surface area (Å²) in [4.78, 5) is 12.1. The van der Waals surface area contributed by atoms with Gasteiger partial charge in [0.1, 0.15) is 0 Å². The minimum atomic E-state index is -3.98. The first-order valence-corrected chi connectivity index (χ1v) is 10.8. The maximum atomic E-state index is 12.8. The van der Waals surface area contributed by atoms with Crippen LogP contribution in [0.25, 0.3) is 0 Å². The summed E-state index contributed by atoms with van der Waals surface area (Å²) in [5.41, 5.74) is 0.971. The number of hydrogen-bond donors (Lipinski definition) is 0. The van der Waals surface area contributed by atoms with Crippen LogP contribution in [0.1, 0.15) is 31.7 Å². The molecule has 1 atom stereocenters. The highest BCUT2D eigenvalue weighted by Crippen LogP contribution is 2.27. The molecular formula is C22H25NO5S. The van der Waals surface area contributed by atoms with Gasteiger partial charge in [-0.3, -0.25) is 0 Å². The van der Waals surface area contributed by atoms with Crippen molar-refractivity contribution in [2.75, 3.05) is 13.2 Å². The number of nitrogens with zero attached hydrogens (tertiary/aromatic N) is 1. The summed E-state index contributed by atoms with van der Waals surface area (Å²) in [6.07, 6.45) is 0.117. The Kier molecular flexibility index (Phi) is 8.15. The summed E-state index contributed by atoms with van der Waals surface area (Å²) in [6, 6.07) is 17.1. The Morgan fingerprint density at radius 3 is 2.07 bits per heavy atom. The van der Waals surface area contributed by atoms with Crippen molar-refractivity contribution in [3.05, 3.63) is 78.4 Å². The van der Waals surface area contributed by atoms with Crippen LogP contribution >= 0.6 is 0 Å². The van der Waals surface area contributed by atoms with Crippen molar-refractivity contribution >= 4 is 21.9 Å². The quantitative estimate of drug-likeness (QED) is 0.266. The second-order valence-corrected chi connectivity index (χ2v) is 7.75. The van der Waals surface area contributed by atoms with Gasteiger partial charge in [-0.25, -0.2) is 4.79 Å². The molecule has 29 heavy (non-hydrogen) atoms. The average molecular weight is 416 g/mol. The zero-order chi connectivity index (χ0) is 21.3. The summed E-state index contributed by atoms with van der Waals surface area (Å²) in [5.74, 6) is -1.13. The molecule has 0 aliphatic heterocycles. The van der Waals surface area contributed by atoms with Crippen molar-refractivity contribution < 1.29 is 22.7 Å². The van der Waals surface area contributed by atoms with E-state index in [1.54, 1.807) is 32.0 Å². The smallest absolute Gasteiger partial charge is 0.333 e. The van der Waals surface area contributed by atoms with Crippen LogP contribution in [0, 0.1) is 0 Å². The van der Waals surface area contributed by atoms with Gasteiger partial charge in [0, 0.05) is 5.57 Å². The van der Waals surface area contributed by atoms with E-state index in [2.05, 4.69) is 11.0 Å². The molecule has 2 aromatic rings. The SMILES string of the molecule is C=C(CC(/C(=N/S(=O)(=O)c1ccccc1)OCC)c1ccccc1)C(=O)OCC. The van der Waals surface area contributed by atoms with Crippen LogP contribution in [0.15, 0.2) is 82.1 Å². The molecule has 0 amide bonds. The summed E-state index contributed by atoms with van der Waals surface area (Å²) in [6.45, 7) is 7.70. The second-order valence-electron chi connectivity index (χ2n) is 6.14. The Morgan fingerprint density at radius 2 is 1.52 bits per heavy atom. The molecule has 0 saturated heterocycles. The Hall–Kier alpha value is -2.93. The normalized spacial score (nSPS) is 12.8. The molecule has 0 saturated carbocycles. The van der Waals surface area contributed by atoms with Gasteiger partial charge in [0.05, 0.1) is 24.0 Å². The number of rotatable bonds is 9. The van der Waals surface area contributed by atoms with Crippen LogP contribution < -0.4 is 0 Å². The van der Waals surface area contributed by atoms with E-state index in [9.17, 15) is 13.2 Å². The Labute approximate surface area is 171 Å². The lowest BCUT2D eigenvalue weighted by atomic mass is 9.92. The zero-order valence-corrected chi connectivity index (χ0v) is 17.4. The molecule has 0 aliphatic carbocycles. The third-order valence-electron chi connectivity index (χ3n) is 4.06. The van der Waals surface area contributed by atoms with Crippen molar-refractivity contribution in [2.45, 2.75) is 31.1 Å². The lowest BCUT2D eigenvalue weighted by molar-refractivity contribution is -0.138. The fraction of sp³-hybridized carbons (Fsp3) is 0.273. The van der Waals surface area contributed by atoms with Crippen molar-refractivity contribution in [1.29, 1.82) is 0 Å². The minimum Gasteiger partial charge on any atom is -0.480 e. The van der Waals surface area contributed by atoms with Crippen LogP contribution in [-0.2, 0) is 24.3 Å². The van der Waals surface area contributed by atoms with Crippen molar-refractivity contribution in [3.63, 3.8) is 0 Å². The van der Waals surface area contributed by atoms with Gasteiger partial charge >= 0.3 is 5.97 Å². The number of esters is 1. The molecule has 2 aromatic carbocycles. The lowest BCUT2D eigenvalue weighted by Crippen LogP contribution is -2.21. The Balaban J connectivity index is 2.49. The number of hydrogen-bond acceptors (Lipinski definition) is 5. The van der Waals surface area contributed by atoms with Gasteiger partial charge in [-0.05, 0) is 38.0 Å². The first-order chi connectivity index (χ1) is 13.9. The average Bonchev–Trinajstić information content (AvgIpc) is 2.73. The summed E-state index contributed by atoms with van der Waals surface area (Å²) < 4.78 is 40.2. The molecule has 1 unspecified atom stereocenters. The standard InChI is InChI=1S/C22H25NO5S/c1-4-27-21(23-29(25,26)19-14-10-7-11-15-19)20(18-12-8-6-9-13-18)16-17(3)22(24)28-5-2/h6-15,20H,3-5,16H2,1-2H3/b23-21-. The monoisotopic (exact) mass is 415 g/mol. The summed E-state index contributed by atoms with van der Waals surface area (Å²) in [7, 11) is -3.98. The van der Waals surface area contributed by atoms with E-state index in [4.69, 9.17) is 9.47 Å². The topological polar surface area (TPSA) is 82.0 Å². The lowest BCUT2D eigenvalue weighted by Gasteiger charge is -2.20. The van der Waals surface area contributed by atoms with E-state index in [0.29, 0.717) is 0 Å². The predicted octanol–water partition coefficient (Wildman–Crippen LogP) is 4.10. The van der Waals surface area contributed by atoms with Crippen LogP contribution in [0.5, 0.6) is 0 Å². The van der Waals surface area contributed by atoms with Gasteiger partial charge < -0.3 is 9.47 Å². The minimum absolute atomic E-state index is 0.00741. The number of carbonyl (C=O) groups excluding carboxylic acids is 1. The molecule has 6 nitrogen and oxygen atoms in total. The van der Waals surface area contributed by atoms with Crippen LogP contribution in [0.4, 0.5) is 0 Å². The molecule has 0 bridgehead atoms. The molecular weight excluding hydrogens is 390 g/mol. The zero-order valence-electron chi connectivity index (χ0n) is 16.6. The number of ether oxygens (including phenoxy) is 2. The molecule has 0 aromatic heterocycles. The van der Waals surface area contributed by atoms with Crippen molar-refractivity contribution in [3.8, 4) is 0 Å². The molecule has 0 heterocycles. The van der Waals surface area contributed by atoms with Gasteiger partial charge in [0.15, 0.2) is 0 Å². The molecule has 0 spiro atoms. The first-order valence-electron chi connectivity index (χ1n) is 9.31. The highest BCUT2D eigenvalue weighted by molar-refractivity contribution is 7.90. The number of sulfonamides is 1. The first kappa shape index (κ1) is 22.4. The highest BCUT2D eigenvalue weighted by atomic mass is 32.2. The van der Waals surface area contributed by atoms with Gasteiger partial charge in [0.25, 0.3) is 10.0 Å². The maximum absolute atomic E-state index is 12.8. The van der Waals surface area contributed by atoms with Crippen LogP contribution in [0.3, 0.4) is 0 Å². The van der Waals surface area contributed by atoms with Crippen molar-refractivity contribution in [1.82, 2.24) is 0 Å². The van der Waals surface area contributed by atoms with Gasteiger partial charge in [-0.15, -0.1) is 4.40 Å². The molecule has 0 fully saturated rings.